The topological polar surface area (TPSA) is 58.6 Å². The Hall–Kier alpha value is -1.85. The normalized spacial score (nSPS) is 13.3. The van der Waals surface area contributed by atoms with Crippen molar-refractivity contribution < 1.29 is 14.6 Å². The van der Waals surface area contributed by atoms with Crippen LogP contribution in [0.25, 0.3) is 0 Å². The summed E-state index contributed by atoms with van der Waals surface area (Å²) in [5, 5.41) is 16.4. The van der Waals surface area contributed by atoms with Crippen molar-refractivity contribution >= 4 is 17.2 Å². The summed E-state index contributed by atoms with van der Waals surface area (Å²) in [4.78, 5) is 11.9. The third-order valence-electron chi connectivity index (χ3n) is 3.84. The van der Waals surface area contributed by atoms with E-state index in [0.29, 0.717) is 5.92 Å². The van der Waals surface area contributed by atoms with Crippen LogP contribution in [0.3, 0.4) is 0 Å². The first-order valence-corrected chi connectivity index (χ1v) is 8.74. The van der Waals surface area contributed by atoms with Crippen LogP contribution in [0.1, 0.15) is 43.4 Å². The standard InChI is InChI=1S/C18H23NO3S/c1-3-13(2)15-6-4-5-7-17(15)22-11-18(21)19-10-16(20)14-8-9-23-12-14/h4-9,12-13,16,20H,3,10-11H2,1-2H3,(H,19,21). The third-order valence-corrected chi connectivity index (χ3v) is 4.54. The summed E-state index contributed by atoms with van der Waals surface area (Å²) in [6.07, 6.45) is 0.331. The zero-order chi connectivity index (χ0) is 16.7. The molecular weight excluding hydrogens is 310 g/mol. The van der Waals surface area contributed by atoms with Gasteiger partial charge in [0.15, 0.2) is 6.61 Å². The molecule has 2 aromatic rings. The molecule has 0 bridgehead atoms. The molecule has 0 aliphatic heterocycles. The van der Waals surface area contributed by atoms with Gasteiger partial charge in [0.25, 0.3) is 5.91 Å². The number of carbonyl (C=O) groups is 1. The van der Waals surface area contributed by atoms with E-state index in [1.807, 2.05) is 41.1 Å². The molecule has 0 radical (unpaired) electrons. The zero-order valence-electron chi connectivity index (χ0n) is 13.5. The molecule has 2 unspecified atom stereocenters. The van der Waals surface area contributed by atoms with Crippen LogP contribution >= 0.6 is 11.3 Å². The highest BCUT2D eigenvalue weighted by Gasteiger charge is 2.13. The number of amides is 1. The molecule has 0 fully saturated rings. The summed E-state index contributed by atoms with van der Waals surface area (Å²) in [6.45, 7) is 4.40. The molecule has 1 aromatic carbocycles. The fourth-order valence-corrected chi connectivity index (χ4v) is 2.93. The summed E-state index contributed by atoms with van der Waals surface area (Å²) in [5.74, 6) is 0.892. The molecule has 0 aliphatic carbocycles. The minimum absolute atomic E-state index is 0.0518. The van der Waals surface area contributed by atoms with Gasteiger partial charge in [0.2, 0.25) is 0 Å². The van der Waals surface area contributed by atoms with E-state index in [4.69, 9.17) is 4.74 Å². The van der Waals surface area contributed by atoms with Crippen LogP contribution in [0.4, 0.5) is 0 Å². The number of ether oxygens (including phenoxy) is 1. The van der Waals surface area contributed by atoms with Gasteiger partial charge in [0, 0.05) is 6.54 Å². The Kier molecular flexibility index (Phi) is 6.62. The molecule has 0 aliphatic rings. The molecule has 1 aromatic heterocycles. The smallest absolute Gasteiger partial charge is 0.258 e. The highest BCUT2D eigenvalue weighted by molar-refractivity contribution is 7.07. The SMILES string of the molecule is CCC(C)c1ccccc1OCC(=O)NCC(O)c1ccsc1. The van der Waals surface area contributed by atoms with Crippen LogP contribution in [0, 0.1) is 0 Å². The summed E-state index contributed by atoms with van der Waals surface area (Å²) < 4.78 is 5.65. The Bertz CT molecular complexity index is 612. The Morgan fingerprint density at radius 1 is 1.35 bits per heavy atom. The molecule has 0 saturated carbocycles. The summed E-state index contributed by atoms with van der Waals surface area (Å²) >= 11 is 1.52. The van der Waals surface area contributed by atoms with Crippen molar-refractivity contribution in [2.24, 2.45) is 0 Å². The minimum atomic E-state index is -0.683. The first-order chi connectivity index (χ1) is 11.1. The van der Waals surface area contributed by atoms with E-state index in [0.717, 1.165) is 23.3 Å². The molecule has 23 heavy (non-hydrogen) atoms. The van der Waals surface area contributed by atoms with E-state index in [9.17, 15) is 9.90 Å². The molecule has 124 valence electrons. The number of rotatable bonds is 8. The number of carbonyl (C=O) groups excluding carboxylic acids is 1. The van der Waals surface area contributed by atoms with E-state index in [2.05, 4.69) is 19.2 Å². The number of aliphatic hydroxyl groups is 1. The molecule has 1 amide bonds. The Morgan fingerprint density at radius 3 is 2.83 bits per heavy atom. The van der Waals surface area contributed by atoms with E-state index in [1.165, 1.54) is 11.3 Å². The minimum Gasteiger partial charge on any atom is -0.483 e. The fourth-order valence-electron chi connectivity index (χ4n) is 2.23. The van der Waals surface area contributed by atoms with Gasteiger partial charge in [-0.3, -0.25) is 4.79 Å². The average molecular weight is 333 g/mol. The number of nitrogens with one attached hydrogen (secondary N) is 1. The number of thiophene rings is 1. The predicted molar refractivity (Wildman–Crippen MR) is 92.9 cm³/mol. The lowest BCUT2D eigenvalue weighted by atomic mass is 9.98. The molecule has 0 spiro atoms. The number of para-hydroxylation sites is 1. The third kappa shape index (κ3) is 5.08. The number of aliphatic hydroxyl groups excluding tert-OH is 1. The van der Waals surface area contributed by atoms with Gasteiger partial charge < -0.3 is 15.2 Å². The van der Waals surface area contributed by atoms with Crippen LogP contribution in [0.2, 0.25) is 0 Å². The molecule has 0 saturated heterocycles. The van der Waals surface area contributed by atoms with Gasteiger partial charge in [-0.05, 0) is 46.4 Å². The highest BCUT2D eigenvalue weighted by atomic mass is 32.1. The quantitative estimate of drug-likeness (QED) is 0.777. The van der Waals surface area contributed by atoms with Crippen molar-refractivity contribution in [3.63, 3.8) is 0 Å². The van der Waals surface area contributed by atoms with Crippen molar-refractivity contribution in [1.82, 2.24) is 5.32 Å². The van der Waals surface area contributed by atoms with Crippen molar-refractivity contribution in [2.75, 3.05) is 13.2 Å². The average Bonchev–Trinajstić information content (AvgIpc) is 3.12. The molecule has 4 nitrogen and oxygen atoms in total. The van der Waals surface area contributed by atoms with Gasteiger partial charge in [0.1, 0.15) is 5.75 Å². The zero-order valence-corrected chi connectivity index (χ0v) is 14.3. The van der Waals surface area contributed by atoms with Crippen molar-refractivity contribution in [1.29, 1.82) is 0 Å². The first-order valence-electron chi connectivity index (χ1n) is 7.80. The maximum atomic E-state index is 11.9. The van der Waals surface area contributed by atoms with Gasteiger partial charge in [-0.1, -0.05) is 32.0 Å². The second-order valence-electron chi connectivity index (χ2n) is 5.51. The summed E-state index contributed by atoms with van der Waals surface area (Å²) in [6, 6.07) is 9.64. The predicted octanol–water partition coefficient (Wildman–Crippen LogP) is 3.49. The van der Waals surface area contributed by atoms with Crippen molar-refractivity contribution in [2.45, 2.75) is 32.3 Å². The van der Waals surface area contributed by atoms with E-state index in [-0.39, 0.29) is 19.1 Å². The molecule has 1 heterocycles. The lowest BCUT2D eigenvalue weighted by Gasteiger charge is -2.16. The lowest BCUT2D eigenvalue weighted by molar-refractivity contribution is -0.123. The van der Waals surface area contributed by atoms with Gasteiger partial charge in [-0.25, -0.2) is 0 Å². The van der Waals surface area contributed by atoms with Crippen LogP contribution < -0.4 is 10.1 Å². The Balaban J connectivity index is 1.83. The van der Waals surface area contributed by atoms with Gasteiger partial charge in [0.05, 0.1) is 6.10 Å². The second kappa shape index (κ2) is 8.70. The Morgan fingerprint density at radius 2 is 2.13 bits per heavy atom. The van der Waals surface area contributed by atoms with E-state index in [1.54, 1.807) is 0 Å². The van der Waals surface area contributed by atoms with Gasteiger partial charge >= 0.3 is 0 Å². The number of benzene rings is 1. The molecule has 5 heteroatoms. The molecule has 2 rings (SSSR count). The van der Waals surface area contributed by atoms with Gasteiger partial charge in [-0.2, -0.15) is 11.3 Å². The first kappa shape index (κ1) is 17.5. The lowest BCUT2D eigenvalue weighted by Crippen LogP contribution is -2.32. The van der Waals surface area contributed by atoms with Crippen LogP contribution in [0.5, 0.6) is 5.75 Å². The highest BCUT2D eigenvalue weighted by Crippen LogP contribution is 2.28. The maximum absolute atomic E-state index is 11.9. The summed E-state index contributed by atoms with van der Waals surface area (Å²) in [5.41, 5.74) is 1.93. The fraction of sp³-hybridized carbons (Fsp3) is 0.389. The number of hydrogen-bond acceptors (Lipinski definition) is 4. The second-order valence-corrected chi connectivity index (χ2v) is 6.29. The maximum Gasteiger partial charge on any atom is 0.258 e. The molecule has 2 atom stereocenters. The van der Waals surface area contributed by atoms with Crippen LogP contribution in [0.15, 0.2) is 41.1 Å². The van der Waals surface area contributed by atoms with Crippen LogP contribution in [-0.4, -0.2) is 24.2 Å². The largest absolute Gasteiger partial charge is 0.483 e. The Labute approximate surface area is 141 Å². The molecular formula is C18H23NO3S. The van der Waals surface area contributed by atoms with Crippen molar-refractivity contribution in [3.05, 3.63) is 52.2 Å². The van der Waals surface area contributed by atoms with Crippen molar-refractivity contribution in [3.8, 4) is 5.75 Å². The van der Waals surface area contributed by atoms with Gasteiger partial charge in [-0.15, -0.1) is 0 Å². The number of hydrogen-bond donors (Lipinski definition) is 2. The van der Waals surface area contributed by atoms with E-state index < -0.39 is 6.10 Å². The summed E-state index contributed by atoms with van der Waals surface area (Å²) in [7, 11) is 0. The monoisotopic (exact) mass is 333 g/mol. The van der Waals surface area contributed by atoms with E-state index >= 15 is 0 Å². The van der Waals surface area contributed by atoms with Crippen LogP contribution in [-0.2, 0) is 4.79 Å². The molecule has 2 N–H and O–H groups in total.